The summed E-state index contributed by atoms with van der Waals surface area (Å²) in [5.74, 6) is 1.05. The van der Waals surface area contributed by atoms with Crippen molar-refractivity contribution in [3.05, 3.63) is 29.6 Å². The number of hydrogen-bond acceptors (Lipinski definition) is 1. The molecule has 0 aliphatic heterocycles. The maximum atomic E-state index is 13.2. The summed E-state index contributed by atoms with van der Waals surface area (Å²) in [6, 6.07) is 5.69. The Morgan fingerprint density at radius 2 is 2.00 bits per heavy atom. The predicted octanol–water partition coefficient (Wildman–Crippen LogP) is 3.94. The third-order valence-corrected chi connectivity index (χ3v) is 3.92. The average molecular weight is 254 g/mol. The van der Waals surface area contributed by atoms with Crippen molar-refractivity contribution in [3.8, 4) is 0 Å². The molecule has 92 valence electrons. The molecule has 0 atom stereocenters. The Hall–Kier alpha value is -0.760. The number of anilines is 1. The van der Waals surface area contributed by atoms with Crippen LogP contribution >= 0.6 is 11.6 Å². The van der Waals surface area contributed by atoms with Crippen LogP contribution < -0.4 is 4.90 Å². The van der Waals surface area contributed by atoms with E-state index in [2.05, 4.69) is 4.90 Å². The second-order valence-electron chi connectivity index (χ2n) is 5.23. The van der Waals surface area contributed by atoms with Crippen LogP contribution in [-0.2, 0) is 5.88 Å². The summed E-state index contributed by atoms with van der Waals surface area (Å²) in [4.78, 5) is 2.45. The maximum absolute atomic E-state index is 13.2. The average Bonchev–Trinajstić information content (AvgIpc) is 3.18. The van der Waals surface area contributed by atoms with E-state index in [0.29, 0.717) is 11.9 Å². The van der Waals surface area contributed by atoms with E-state index in [9.17, 15) is 4.39 Å². The van der Waals surface area contributed by atoms with Gasteiger partial charge in [-0.2, -0.15) is 0 Å². The van der Waals surface area contributed by atoms with Crippen LogP contribution in [0.15, 0.2) is 18.2 Å². The van der Waals surface area contributed by atoms with E-state index in [0.717, 1.165) is 23.7 Å². The van der Waals surface area contributed by atoms with Gasteiger partial charge < -0.3 is 4.90 Å². The van der Waals surface area contributed by atoms with Gasteiger partial charge in [-0.25, -0.2) is 4.39 Å². The van der Waals surface area contributed by atoms with Gasteiger partial charge in [-0.1, -0.05) is 0 Å². The molecule has 2 aliphatic rings. The number of halogens is 2. The van der Waals surface area contributed by atoms with Gasteiger partial charge in [0.1, 0.15) is 5.82 Å². The van der Waals surface area contributed by atoms with Crippen molar-refractivity contribution in [1.82, 2.24) is 0 Å². The number of benzene rings is 1. The van der Waals surface area contributed by atoms with Crippen molar-refractivity contribution in [2.24, 2.45) is 5.92 Å². The first-order valence-corrected chi connectivity index (χ1v) is 6.92. The quantitative estimate of drug-likeness (QED) is 0.719. The fourth-order valence-corrected chi connectivity index (χ4v) is 2.56. The van der Waals surface area contributed by atoms with Gasteiger partial charge in [0.15, 0.2) is 0 Å². The van der Waals surface area contributed by atoms with Crippen molar-refractivity contribution < 1.29 is 4.39 Å². The Balaban J connectivity index is 1.87. The van der Waals surface area contributed by atoms with E-state index in [-0.39, 0.29) is 5.82 Å². The lowest BCUT2D eigenvalue weighted by molar-refractivity contribution is 0.625. The highest BCUT2D eigenvalue weighted by atomic mass is 35.5. The monoisotopic (exact) mass is 253 g/mol. The van der Waals surface area contributed by atoms with Gasteiger partial charge in [0.25, 0.3) is 0 Å². The van der Waals surface area contributed by atoms with E-state index >= 15 is 0 Å². The highest BCUT2D eigenvalue weighted by Crippen LogP contribution is 2.39. The number of alkyl halides is 1. The Bertz CT molecular complexity index is 413. The molecule has 0 aromatic heterocycles. The molecule has 0 amide bonds. The topological polar surface area (TPSA) is 3.24 Å². The molecule has 2 aliphatic carbocycles. The van der Waals surface area contributed by atoms with E-state index < -0.39 is 0 Å². The molecular weight excluding hydrogens is 237 g/mol. The second kappa shape index (κ2) is 4.49. The molecule has 0 radical (unpaired) electrons. The molecule has 0 bridgehead atoms. The van der Waals surface area contributed by atoms with E-state index in [1.54, 1.807) is 12.1 Å². The second-order valence-corrected chi connectivity index (χ2v) is 5.50. The van der Waals surface area contributed by atoms with Crippen LogP contribution in [0.2, 0.25) is 0 Å². The third-order valence-electron chi connectivity index (χ3n) is 3.63. The van der Waals surface area contributed by atoms with E-state index in [1.165, 1.54) is 25.7 Å². The highest BCUT2D eigenvalue weighted by Gasteiger charge is 2.34. The first-order valence-electron chi connectivity index (χ1n) is 6.39. The summed E-state index contributed by atoms with van der Waals surface area (Å²) < 4.78 is 13.2. The minimum absolute atomic E-state index is 0.188. The first-order chi connectivity index (χ1) is 8.28. The molecular formula is C14H17ClFN. The molecule has 3 rings (SSSR count). The van der Waals surface area contributed by atoms with E-state index in [4.69, 9.17) is 11.6 Å². The molecule has 0 heterocycles. The molecule has 0 unspecified atom stereocenters. The van der Waals surface area contributed by atoms with E-state index in [1.807, 2.05) is 6.07 Å². The fraction of sp³-hybridized carbons (Fsp3) is 0.571. The molecule has 0 N–H and O–H groups in total. The third kappa shape index (κ3) is 2.57. The highest BCUT2D eigenvalue weighted by molar-refractivity contribution is 6.17. The Kier molecular flexibility index (Phi) is 2.99. The predicted molar refractivity (Wildman–Crippen MR) is 69.0 cm³/mol. The maximum Gasteiger partial charge on any atom is 0.123 e. The van der Waals surface area contributed by atoms with Gasteiger partial charge >= 0.3 is 0 Å². The SMILES string of the molecule is Fc1ccc(N(CC2CC2)C2CC2)c(CCl)c1. The van der Waals surface area contributed by atoms with Crippen molar-refractivity contribution in [2.45, 2.75) is 37.6 Å². The van der Waals surface area contributed by atoms with Crippen LogP contribution in [0.5, 0.6) is 0 Å². The van der Waals surface area contributed by atoms with Crippen molar-refractivity contribution in [3.63, 3.8) is 0 Å². The van der Waals surface area contributed by atoms with Crippen LogP contribution in [0.1, 0.15) is 31.2 Å². The Morgan fingerprint density at radius 3 is 2.59 bits per heavy atom. The van der Waals surface area contributed by atoms with Crippen molar-refractivity contribution in [2.75, 3.05) is 11.4 Å². The molecule has 17 heavy (non-hydrogen) atoms. The van der Waals surface area contributed by atoms with Crippen LogP contribution in [0.4, 0.5) is 10.1 Å². The minimum atomic E-state index is -0.188. The van der Waals surface area contributed by atoms with Crippen molar-refractivity contribution >= 4 is 17.3 Å². The summed E-state index contributed by atoms with van der Waals surface area (Å²) >= 11 is 5.93. The Morgan fingerprint density at radius 1 is 1.24 bits per heavy atom. The number of rotatable bonds is 5. The number of hydrogen-bond donors (Lipinski definition) is 0. The van der Waals surface area contributed by atoms with Gasteiger partial charge in [-0.05, 0) is 55.4 Å². The molecule has 1 nitrogen and oxygen atoms in total. The molecule has 3 heteroatoms. The summed E-state index contributed by atoms with van der Waals surface area (Å²) in [7, 11) is 0. The normalized spacial score (nSPS) is 19.4. The fourth-order valence-electron chi connectivity index (χ4n) is 2.35. The largest absolute Gasteiger partial charge is 0.368 e. The van der Waals surface area contributed by atoms with Crippen LogP contribution in [0, 0.1) is 11.7 Å². The van der Waals surface area contributed by atoms with Crippen LogP contribution in [0.3, 0.4) is 0 Å². The standard InChI is InChI=1S/C14H17ClFN/c15-8-11-7-12(16)3-6-14(11)17(13-4-5-13)9-10-1-2-10/h3,6-7,10,13H,1-2,4-5,8-9H2. The molecule has 0 saturated heterocycles. The summed E-state index contributed by atoms with van der Waals surface area (Å²) in [5, 5.41) is 0. The molecule has 2 saturated carbocycles. The van der Waals surface area contributed by atoms with Crippen LogP contribution in [-0.4, -0.2) is 12.6 Å². The zero-order valence-electron chi connectivity index (χ0n) is 9.83. The van der Waals surface area contributed by atoms with Gasteiger partial charge in [-0.3, -0.25) is 0 Å². The molecule has 1 aromatic rings. The zero-order chi connectivity index (χ0) is 11.8. The summed E-state index contributed by atoms with van der Waals surface area (Å²) in [5.41, 5.74) is 2.08. The lowest BCUT2D eigenvalue weighted by Crippen LogP contribution is -2.28. The van der Waals surface area contributed by atoms with Crippen LogP contribution in [0.25, 0.3) is 0 Å². The smallest absolute Gasteiger partial charge is 0.123 e. The summed E-state index contributed by atoms with van der Waals surface area (Å²) in [6.07, 6.45) is 5.24. The molecule has 1 aromatic carbocycles. The van der Waals surface area contributed by atoms with Gasteiger partial charge in [0, 0.05) is 24.2 Å². The Labute approximate surface area is 107 Å². The molecule has 0 spiro atoms. The lowest BCUT2D eigenvalue weighted by Gasteiger charge is -2.27. The van der Waals surface area contributed by atoms with Gasteiger partial charge in [-0.15, -0.1) is 11.6 Å². The van der Waals surface area contributed by atoms with Gasteiger partial charge in [0.2, 0.25) is 0 Å². The summed E-state index contributed by atoms with van der Waals surface area (Å²) in [6.45, 7) is 1.13. The van der Waals surface area contributed by atoms with Gasteiger partial charge in [0.05, 0.1) is 0 Å². The minimum Gasteiger partial charge on any atom is -0.368 e. The number of nitrogens with zero attached hydrogens (tertiary/aromatic N) is 1. The molecule has 2 fully saturated rings. The zero-order valence-corrected chi connectivity index (χ0v) is 10.6. The van der Waals surface area contributed by atoms with Crippen molar-refractivity contribution in [1.29, 1.82) is 0 Å². The first kappa shape index (κ1) is 11.3. The lowest BCUT2D eigenvalue weighted by atomic mass is 10.1.